The van der Waals surface area contributed by atoms with E-state index in [0.29, 0.717) is 0 Å². The number of para-hydroxylation sites is 1. The van der Waals surface area contributed by atoms with Crippen molar-refractivity contribution in [3.63, 3.8) is 0 Å². The molecule has 1 aliphatic heterocycles. The standard InChI is InChI=1S/C8H8ClNO/c9-10-6-5-7-3-1-2-4-8(7)11-10/h1-4H,5-6H2. The fourth-order valence-corrected chi connectivity index (χ4v) is 1.32. The van der Waals surface area contributed by atoms with E-state index in [9.17, 15) is 0 Å². The minimum Gasteiger partial charge on any atom is -0.390 e. The van der Waals surface area contributed by atoms with Crippen LogP contribution in [0.3, 0.4) is 0 Å². The number of hydroxylamine groups is 1. The summed E-state index contributed by atoms with van der Waals surface area (Å²) in [5.41, 5.74) is 1.23. The summed E-state index contributed by atoms with van der Waals surface area (Å²) < 4.78 is 1.34. The van der Waals surface area contributed by atoms with E-state index >= 15 is 0 Å². The van der Waals surface area contributed by atoms with E-state index in [2.05, 4.69) is 6.07 Å². The number of hydrogen-bond acceptors (Lipinski definition) is 2. The molecule has 11 heavy (non-hydrogen) atoms. The Kier molecular flexibility index (Phi) is 1.72. The molecule has 2 rings (SSSR count). The molecule has 0 saturated heterocycles. The number of hydrogen-bond donors (Lipinski definition) is 0. The summed E-state index contributed by atoms with van der Waals surface area (Å²) >= 11 is 5.66. The maximum atomic E-state index is 5.66. The third-order valence-electron chi connectivity index (χ3n) is 1.73. The first kappa shape index (κ1) is 6.95. The lowest BCUT2D eigenvalue weighted by atomic mass is 10.1. The van der Waals surface area contributed by atoms with Crippen LogP contribution in [0.1, 0.15) is 5.56 Å². The lowest BCUT2D eigenvalue weighted by molar-refractivity contribution is 0.0266. The summed E-state index contributed by atoms with van der Waals surface area (Å²) in [6.45, 7) is 0.749. The van der Waals surface area contributed by atoms with Crippen LogP contribution < -0.4 is 4.84 Å². The van der Waals surface area contributed by atoms with Gasteiger partial charge in [0.1, 0.15) is 0 Å². The van der Waals surface area contributed by atoms with Gasteiger partial charge >= 0.3 is 0 Å². The average molecular weight is 170 g/mol. The number of nitrogens with zero attached hydrogens (tertiary/aromatic N) is 1. The quantitative estimate of drug-likeness (QED) is 0.551. The molecule has 0 bridgehead atoms. The maximum absolute atomic E-state index is 5.66. The van der Waals surface area contributed by atoms with Crippen LogP contribution in [-0.2, 0) is 6.42 Å². The van der Waals surface area contributed by atoms with Gasteiger partial charge in [0.15, 0.2) is 5.75 Å². The van der Waals surface area contributed by atoms with E-state index in [4.69, 9.17) is 16.6 Å². The molecule has 0 spiro atoms. The second-order valence-corrected chi connectivity index (χ2v) is 2.87. The van der Waals surface area contributed by atoms with Crippen LogP contribution in [-0.4, -0.2) is 11.1 Å². The van der Waals surface area contributed by atoms with Crippen LogP contribution in [0.2, 0.25) is 0 Å². The van der Waals surface area contributed by atoms with Gasteiger partial charge in [-0.3, -0.25) is 0 Å². The monoisotopic (exact) mass is 169 g/mol. The molecule has 0 saturated carbocycles. The normalized spacial score (nSPS) is 17.2. The zero-order chi connectivity index (χ0) is 7.68. The Balaban J connectivity index is 2.34. The van der Waals surface area contributed by atoms with Crippen molar-refractivity contribution < 1.29 is 4.84 Å². The average Bonchev–Trinajstić information content (AvgIpc) is 2.04. The highest BCUT2D eigenvalue weighted by molar-refractivity contribution is 6.12. The van der Waals surface area contributed by atoms with Crippen LogP contribution in [0.25, 0.3) is 0 Å². The molecule has 1 aromatic rings. The number of fused-ring (bicyclic) bond motifs is 1. The van der Waals surface area contributed by atoms with E-state index in [1.807, 2.05) is 18.2 Å². The molecule has 58 valence electrons. The van der Waals surface area contributed by atoms with E-state index < -0.39 is 0 Å². The number of halogens is 1. The maximum Gasteiger partial charge on any atom is 0.152 e. The van der Waals surface area contributed by atoms with Gasteiger partial charge in [0.05, 0.1) is 6.54 Å². The summed E-state index contributed by atoms with van der Waals surface area (Å²) in [5, 5.41) is 0. The summed E-state index contributed by atoms with van der Waals surface area (Å²) in [5.74, 6) is 0.869. The molecule has 1 aliphatic rings. The van der Waals surface area contributed by atoms with Crippen molar-refractivity contribution in [1.82, 2.24) is 4.58 Å². The van der Waals surface area contributed by atoms with Gasteiger partial charge in [-0.2, -0.15) is 0 Å². The van der Waals surface area contributed by atoms with Crippen LogP contribution in [0.5, 0.6) is 5.75 Å². The summed E-state index contributed by atoms with van der Waals surface area (Å²) in [7, 11) is 0. The van der Waals surface area contributed by atoms with Crippen LogP contribution in [0, 0.1) is 0 Å². The molecule has 0 fully saturated rings. The topological polar surface area (TPSA) is 12.5 Å². The van der Waals surface area contributed by atoms with Crippen molar-refractivity contribution in [2.75, 3.05) is 6.54 Å². The van der Waals surface area contributed by atoms with Gasteiger partial charge in [-0.15, -0.1) is 0 Å². The molecule has 2 nitrogen and oxygen atoms in total. The molecule has 0 unspecified atom stereocenters. The van der Waals surface area contributed by atoms with Gasteiger partial charge in [-0.05, 0) is 18.1 Å². The SMILES string of the molecule is ClN1CCc2ccccc2O1. The highest BCUT2D eigenvalue weighted by Crippen LogP contribution is 2.24. The molecule has 0 amide bonds. The Morgan fingerprint density at radius 3 is 3.09 bits per heavy atom. The first-order chi connectivity index (χ1) is 5.36. The van der Waals surface area contributed by atoms with Gasteiger partial charge in [-0.1, -0.05) is 22.8 Å². The zero-order valence-electron chi connectivity index (χ0n) is 5.96. The smallest absolute Gasteiger partial charge is 0.152 e. The fraction of sp³-hybridized carbons (Fsp3) is 0.250. The highest BCUT2D eigenvalue weighted by atomic mass is 35.5. The molecule has 0 aliphatic carbocycles. The third kappa shape index (κ3) is 1.32. The molecule has 0 radical (unpaired) electrons. The van der Waals surface area contributed by atoms with Crippen LogP contribution in [0.4, 0.5) is 0 Å². The van der Waals surface area contributed by atoms with E-state index in [-0.39, 0.29) is 0 Å². The zero-order valence-corrected chi connectivity index (χ0v) is 6.71. The second kappa shape index (κ2) is 2.72. The predicted octanol–water partition coefficient (Wildman–Crippen LogP) is 1.99. The summed E-state index contributed by atoms with van der Waals surface area (Å²) in [6.07, 6.45) is 0.958. The first-order valence-electron chi connectivity index (χ1n) is 3.55. The highest BCUT2D eigenvalue weighted by Gasteiger charge is 2.14. The minimum atomic E-state index is 0.749. The molecule has 0 atom stereocenters. The molecule has 1 heterocycles. The predicted molar refractivity (Wildman–Crippen MR) is 43.3 cm³/mol. The van der Waals surface area contributed by atoms with E-state index in [1.54, 1.807) is 0 Å². The molecule has 1 aromatic carbocycles. The van der Waals surface area contributed by atoms with Crippen molar-refractivity contribution in [2.45, 2.75) is 6.42 Å². The second-order valence-electron chi connectivity index (χ2n) is 2.49. The Morgan fingerprint density at radius 1 is 1.36 bits per heavy atom. The summed E-state index contributed by atoms with van der Waals surface area (Å²) in [6, 6.07) is 7.92. The van der Waals surface area contributed by atoms with Crippen molar-refractivity contribution in [3.05, 3.63) is 29.8 Å². The van der Waals surface area contributed by atoms with Crippen molar-refractivity contribution in [2.24, 2.45) is 0 Å². The lowest BCUT2D eigenvalue weighted by Crippen LogP contribution is -2.24. The fourth-order valence-electron chi connectivity index (χ4n) is 1.16. The molecule has 3 heteroatoms. The Morgan fingerprint density at radius 2 is 2.18 bits per heavy atom. The number of benzene rings is 1. The summed E-state index contributed by atoms with van der Waals surface area (Å²) in [4.78, 5) is 5.23. The van der Waals surface area contributed by atoms with Gasteiger partial charge in [0.25, 0.3) is 0 Å². The van der Waals surface area contributed by atoms with Crippen LogP contribution in [0.15, 0.2) is 24.3 Å². The Labute approximate surface area is 70.4 Å². The van der Waals surface area contributed by atoms with Gasteiger partial charge in [0, 0.05) is 11.8 Å². The van der Waals surface area contributed by atoms with Crippen molar-refractivity contribution in [3.8, 4) is 5.75 Å². The number of rotatable bonds is 0. The van der Waals surface area contributed by atoms with E-state index in [1.165, 1.54) is 10.1 Å². The van der Waals surface area contributed by atoms with Gasteiger partial charge < -0.3 is 4.84 Å². The first-order valence-corrected chi connectivity index (χ1v) is 3.89. The van der Waals surface area contributed by atoms with Gasteiger partial charge in [-0.25, -0.2) is 0 Å². The molecule has 0 N–H and O–H groups in total. The third-order valence-corrected chi connectivity index (χ3v) is 1.96. The largest absolute Gasteiger partial charge is 0.390 e. The van der Waals surface area contributed by atoms with Crippen LogP contribution >= 0.6 is 11.8 Å². The van der Waals surface area contributed by atoms with E-state index in [0.717, 1.165) is 18.7 Å². The van der Waals surface area contributed by atoms with Crippen molar-refractivity contribution in [1.29, 1.82) is 0 Å². The van der Waals surface area contributed by atoms with Gasteiger partial charge in [0.2, 0.25) is 0 Å². The minimum absolute atomic E-state index is 0.749. The molecular weight excluding hydrogens is 162 g/mol. The Hall–Kier alpha value is -0.730. The lowest BCUT2D eigenvalue weighted by Gasteiger charge is -2.21. The molecular formula is C8H8ClNO. The Bertz CT molecular complexity index is 264. The van der Waals surface area contributed by atoms with Crippen molar-refractivity contribution >= 4 is 11.8 Å². The molecule has 0 aromatic heterocycles.